The predicted molar refractivity (Wildman–Crippen MR) is 78.2 cm³/mol. The van der Waals surface area contributed by atoms with Crippen LogP contribution in [0.4, 0.5) is 0 Å². The molecule has 2 N–H and O–H groups in total. The van der Waals surface area contributed by atoms with E-state index in [0.29, 0.717) is 5.69 Å². The van der Waals surface area contributed by atoms with E-state index in [0.717, 1.165) is 16.9 Å². The minimum Gasteiger partial charge on any atom is -0.471 e. The van der Waals surface area contributed by atoms with Crippen LogP contribution in [0.3, 0.4) is 0 Å². The molecule has 6 heteroatoms. The normalized spacial score (nSPS) is 10.4. The lowest BCUT2D eigenvalue weighted by Crippen LogP contribution is -2.26. The van der Waals surface area contributed by atoms with Gasteiger partial charge in [0.05, 0.1) is 6.61 Å². The van der Waals surface area contributed by atoms with Gasteiger partial charge in [-0.2, -0.15) is 5.10 Å². The summed E-state index contributed by atoms with van der Waals surface area (Å²) in [4.78, 5) is 11.7. The zero-order chi connectivity index (χ0) is 15.2. The number of carbonyl (C=O) groups is 1. The summed E-state index contributed by atoms with van der Waals surface area (Å²) in [6, 6.07) is 7.61. The van der Waals surface area contributed by atoms with E-state index in [1.807, 2.05) is 32.0 Å². The van der Waals surface area contributed by atoms with Crippen molar-refractivity contribution in [1.29, 1.82) is 0 Å². The molecule has 0 saturated carbocycles. The van der Waals surface area contributed by atoms with Gasteiger partial charge in [0.15, 0.2) is 6.73 Å². The standard InChI is InChI=1S/C15H19N3O3/c1-11-3-4-12(2)14(9-11)21-10-18-7-5-13(17-18)15(20)16-6-8-19/h3-5,7,9,19H,6,8,10H2,1-2H3,(H,16,20). The molecule has 1 amide bonds. The van der Waals surface area contributed by atoms with Crippen molar-refractivity contribution >= 4 is 5.91 Å². The molecule has 0 saturated heterocycles. The first-order chi connectivity index (χ1) is 10.1. The molecular formula is C15H19N3O3. The van der Waals surface area contributed by atoms with Crippen LogP contribution in [-0.2, 0) is 6.73 Å². The number of ether oxygens (including phenoxy) is 1. The summed E-state index contributed by atoms with van der Waals surface area (Å²) in [5, 5.41) is 15.3. The fourth-order valence-corrected chi connectivity index (χ4v) is 1.81. The van der Waals surface area contributed by atoms with Crippen molar-refractivity contribution in [1.82, 2.24) is 15.1 Å². The minimum absolute atomic E-state index is 0.0950. The highest BCUT2D eigenvalue weighted by atomic mass is 16.5. The Kier molecular flexibility index (Phi) is 4.94. The number of aliphatic hydroxyl groups is 1. The SMILES string of the molecule is Cc1ccc(C)c(OCn2ccc(C(=O)NCCO)n2)c1. The van der Waals surface area contributed by atoms with E-state index < -0.39 is 0 Å². The van der Waals surface area contributed by atoms with Gasteiger partial charge in [-0.25, -0.2) is 4.68 Å². The fraction of sp³-hybridized carbons (Fsp3) is 0.333. The lowest BCUT2D eigenvalue weighted by atomic mass is 10.1. The van der Waals surface area contributed by atoms with Crippen molar-refractivity contribution in [3.05, 3.63) is 47.3 Å². The topological polar surface area (TPSA) is 76.4 Å². The number of hydrogen-bond donors (Lipinski definition) is 2. The van der Waals surface area contributed by atoms with Crippen molar-refractivity contribution in [2.24, 2.45) is 0 Å². The summed E-state index contributed by atoms with van der Waals surface area (Å²) in [6.45, 7) is 4.33. The molecule has 0 aliphatic rings. The molecule has 0 unspecified atom stereocenters. The molecule has 1 aromatic carbocycles. The van der Waals surface area contributed by atoms with Crippen molar-refractivity contribution in [2.45, 2.75) is 20.6 Å². The third kappa shape index (κ3) is 4.06. The molecule has 0 spiro atoms. The number of nitrogens with one attached hydrogen (secondary N) is 1. The van der Waals surface area contributed by atoms with Crippen LogP contribution >= 0.6 is 0 Å². The number of nitrogens with zero attached hydrogens (tertiary/aromatic N) is 2. The third-order valence-electron chi connectivity index (χ3n) is 2.97. The van der Waals surface area contributed by atoms with Crippen LogP contribution in [0.1, 0.15) is 21.6 Å². The number of aromatic nitrogens is 2. The van der Waals surface area contributed by atoms with Crippen molar-refractivity contribution < 1.29 is 14.6 Å². The van der Waals surface area contributed by atoms with E-state index in [-0.39, 0.29) is 25.8 Å². The number of amides is 1. The molecule has 0 radical (unpaired) electrons. The number of hydrogen-bond acceptors (Lipinski definition) is 4. The Labute approximate surface area is 123 Å². The zero-order valence-electron chi connectivity index (χ0n) is 12.2. The van der Waals surface area contributed by atoms with E-state index in [1.165, 1.54) is 0 Å². The number of carbonyl (C=O) groups excluding carboxylic acids is 1. The van der Waals surface area contributed by atoms with Gasteiger partial charge in [-0.3, -0.25) is 4.79 Å². The highest BCUT2D eigenvalue weighted by Gasteiger charge is 2.09. The van der Waals surface area contributed by atoms with E-state index in [4.69, 9.17) is 9.84 Å². The van der Waals surface area contributed by atoms with E-state index >= 15 is 0 Å². The Hall–Kier alpha value is -2.34. The Balaban J connectivity index is 1.96. The van der Waals surface area contributed by atoms with E-state index in [9.17, 15) is 4.79 Å². The van der Waals surface area contributed by atoms with Crippen molar-refractivity contribution in [3.8, 4) is 5.75 Å². The van der Waals surface area contributed by atoms with Gasteiger partial charge in [0.25, 0.3) is 5.91 Å². The van der Waals surface area contributed by atoms with Gasteiger partial charge in [0.2, 0.25) is 0 Å². The molecule has 2 aromatic rings. The number of benzene rings is 1. The van der Waals surface area contributed by atoms with Gasteiger partial charge in [0.1, 0.15) is 11.4 Å². The molecule has 0 bridgehead atoms. The average molecular weight is 289 g/mol. The molecule has 6 nitrogen and oxygen atoms in total. The molecule has 1 heterocycles. The van der Waals surface area contributed by atoms with Gasteiger partial charge in [-0.05, 0) is 37.1 Å². The van der Waals surface area contributed by atoms with Crippen LogP contribution in [0, 0.1) is 13.8 Å². The lowest BCUT2D eigenvalue weighted by Gasteiger charge is -2.09. The summed E-state index contributed by atoms with van der Waals surface area (Å²) in [6.07, 6.45) is 1.68. The predicted octanol–water partition coefficient (Wildman–Crippen LogP) is 1.26. The maximum atomic E-state index is 11.7. The fourth-order valence-electron chi connectivity index (χ4n) is 1.81. The van der Waals surface area contributed by atoms with Gasteiger partial charge >= 0.3 is 0 Å². The van der Waals surface area contributed by atoms with Crippen molar-refractivity contribution in [3.63, 3.8) is 0 Å². The zero-order valence-corrected chi connectivity index (χ0v) is 12.2. The summed E-state index contributed by atoms with van der Waals surface area (Å²) >= 11 is 0. The third-order valence-corrected chi connectivity index (χ3v) is 2.97. The molecular weight excluding hydrogens is 270 g/mol. The van der Waals surface area contributed by atoms with Crippen LogP contribution < -0.4 is 10.1 Å². The van der Waals surface area contributed by atoms with Crippen LogP contribution in [0.15, 0.2) is 30.5 Å². The Morgan fingerprint density at radius 2 is 2.19 bits per heavy atom. The van der Waals surface area contributed by atoms with Gasteiger partial charge in [-0.15, -0.1) is 0 Å². The first kappa shape index (κ1) is 15.1. The van der Waals surface area contributed by atoms with Crippen molar-refractivity contribution in [2.75, 3.05) is 13.2 Å². The van der Waals surface area contributed by atoms with Crippen LogP contribution in [0.5, 0.6) is 5.75 Å². The van der Waals surface area contributed by atoms with E-state index in [1.54, 1.807) is 16.9 Å². The summed E-state index contributed by atoms with van der Waals surface area (Å²) < 4.78 is 7.26. The highest BCUT2D eigenvalue weighted by Crippen LogP contribution is 2.19. The van der Waals surface area contributed by atoms with Crippen LogP contribution in [-0.4, -0.2) is 33.9 Å². The minimum atomic E-state index is -0.311. The molecule has 0 aliphatic heterocycles. The molecule has 112 valence electrons. The van der Waals surface area contributed by atoms with Gasteiger partial charge in [0, 0.05) is 12.7 Å². The molecule has 0 fully saturated rings. The maximum Gasteiger partial charge on any atom is 0.271 e. The second-order valence-electron chi connectivity index (χ2n) is 4.76. The Morgan fingerprint density at radius 3 is 2.95 bits per heavy atom. The van der Waals surface area contributed by atoms with E-state index in [2.05, 4.69) is 10.4 Å². The monoisotopic (exact) mass is 289 g/mol. The number of aliphatic hydroxyl groups excluding tert-OH is 1. The summed E-state index contributed by atoms with van der Waals surface area (Å²) in [5.74, 6) is 0.492. The largest absolute Gasteiger partial charge is 0.471 e. The van der Waals surface area contributed by atoms with Crippen LogP contribution in [0.25, 0.3) is 0 Å². The molecule has 2 rings (SSSR count). The van der Waals surface area contributed by atoms with Crippen LogP contribution in [0.2, 0.25) is 0 Å². The van der Waals surface area contributed by atoms with Gasteiger partial charge < -0.3 is 15.2 Å². The molecule has 1 aromatic heterocycles. The summed E-state index contributed by atoms with van der Waals surface area (Å²) in [5.41, 5.74) is 2.47. The Morgan fingerprint density at radius 1 is 1.38 bits per heavy atom. The molecule has 0 aliphatic carbocycles. The first-order valence-corrected chi connectivity index (χ1v) is 6.72. The molecule has 0 atom stereocenters. The lowest BCUT2D eigenvalue weighted by molar-refractivity contribution is 0.0937. The first-order valence-electron chi connectivity index (χ1n) is 6.72. The Bertz CT molecular complexity index is 622. The molecule has 21 heavy (non-hydrogen) atoms. The highest BCUT2D eigenvalue weighted by molar-refractivity contribution is 5.92. The maximum absolute atomic E-state index is 11.7. The quantitative estimate of drug-likeness (QED) is 0.839. The number of rotatable bonds is 6. The second-order valence-corrected chi connectivity index (χ2v) is 4.76. The smallest absolute Gasteiger partial charge is 0.271 e. The average Bonchev–Trinajstić information content (AvgIpc) is 2.94. The number of aryl methyl sites for hydroxylation is 2. The van der Waals surface area contributed by atoms with Gasteiger partial charge in [-0.1, -0.05) is 12.1 Å². The second kappa shape index (κ2) is 6.90. The summed E-state index contributed by atoms with van der Waals surface area (Å²) in [7, 11) is 0.